The van der Waals surface area contributed by atoms with Gasteiger partial charge in [-0.05, 0) is 50.6 Å². The summed E-state index contributed by atoms with van der Waals surface area (Å²) in [4.78, 5) is 0. The van der Waals surface area contributed by atoms with Crippen molar-refractivity contribution in [1.82, 2.24) is 15.1 Å². The van der Waals surface area contributed by atoms with Gasteiger partial charge in [0.15, 0.2) is 0 Å². The highest BCUT2D eigenvalue weighted by molar-refractivity contribution is 5.05. The molecule has 0 amide bonds. The summed E-state index contributed by atoms with van der Waals surface area (Å²) < 4.78 is 7.79. The second-order valence-electron chi connectivity index (χ2n) is 6.90. The Labute approximate surface area is 128 Å². The van der Waals surface area contributed by atoms with Crippen molar-refractivity contribution < 1.29 is 4.74 Å². The van der Waals surface area contributed by atoms with Crippen LogP contribution in [0.15, 0.2) is 12.3 Å². The third kappa shape index (κ3) is 3.67. The second-order valence-corrected chi connectivity index (χ2v) is 6.90. The smallest absolute Gasteiger partial charge is 0.0630 e. The Balaban J connectivity index is 1.67. The van der Waals surface area contributed by atoms with Gasteiger partial charge in [-0.2, -0.15) is 5.10 Å². The zero-order valence-corrected chi connectivity index (χ0v) is 13.3. The first-order chi connectivity index (χ1) is 10.3. The minimum absolute atomic E-state index is 0.332. The van der Waals surface area contributed by atoms with E-state index in [4.69, 9.17) is 9.84 Å². The molecule has 2 aliphatic rings. The standard InChI is InChI=1S/C17H29N3O/c1-18-14-17(8-11-21-12-9-17)13-15-7-10-20(19-15)16-5-3-2-4-6-16/h7,10,16,18H,2-6,8-9,11-14H2,1H3. The number of hydrogen-bond donors (Lipinski definition) is 1. The third-order valence-corrected chi connectivity index (χ3v) is 5.27. The van der Waals surface area contributed by atoms with E-state index in [0.29, 0.717) is 11.5 Å². The van der Waals surface area contributed by atoms with Crippen molar-refractivity contribution in [2.45, 2.75) is 57.4 Å². The topological polar surface area (TPSA) is 39.1 Å². The first-order valence-electron chi connectivity index (χ1n) is 8.58. The van der Waals surface area contributed by atoms with E-state index in [9.17, 15) is 0 Å². The average Bonchev–Trinajstić information content (AvgIpc) is 2.97. The van der Waals surface area contributed by atoms with E-state index in [1.165, 1.54) is 37.8 Å². The number of aromatic nitrogens is 2. The molecule has 2 fully saturated rings. The van der Waals surface area contributed by atoms with Gasteiger partial charge in [0.05, 0.1) is 11.7 Å². The van der Waals surface area contributed by atoms with Gasteiger partial charge >= 0.3 is 0 Å². The van der Waals surface area contributed by atoms with Gasteiger partial charge in [-0.15, -0.1) is 0 Å². The molecule has 1 N–H and O–H groups in total. The molecule has 1 aliphatic heterocycles. The molecule has 1 aromatic heterocycles. The van der Waals surface area contributed by atoms with Crippen LogP contribution in [0.3, 0.4) is 0 Å². The van der Waals surface area contributed by atoms with Crippen LogP contribution in [0.1, 0.15) is 56.7 Å². The highest BCUT2D eigenvalue weighted by Gasteiger charge is 2.33. The van der Waals surface area contributed by atoms with Crippen molar-refractivity contribution in [3.63, 3.8) is 0 Å². The molecular weight excluding hydrogens is 262 g/mol. The molecule has 0 radical (unpaired) electrons. The van der Waals surface area contributed by atoms with Gasteiger partial charge in [0, 0.05) is 26.0 Å². The molecule has 0 unspecified atom stereocenters. The molecule has 4 heteroatoms. The highest BCUT2D eigenvalue weighted by Crippen LogP contribution is 2.34. The quantitative estimate of drug-likeness (QED) is 0.906. The van der Waals surface area contributed by atoms with Crippen LogP contribution in [0.25, 0.3) is 0 Å². The first-order valence-corrected chi connectivity index (χ1v) is 8.58. The number of ether oxygens (including phenoxy) is 1. The molecule has 1 aromatic rings. The maximum Gasteiger partial charge on any atom is 0.0630 e. The summed E-state index contributed by atoms with van der Waals surface area (Å²) in [5, 5.41) is 8.28. The van der Waals surface area contributed by atoms with Gasteiger partial charge in [0.1, 0.15) is 0 Å². The summed E-state index contributed by atoms with van der Waals surface area (Å²) in [6.07, 6.45) is 12.3. The molecule has 1 saturated carbocycles. The van der Waals surface area contributed by atoms with Crippen LogP contribution in [0, 0.1) is 5.41 Å². The van der Waals surface area contributed by atoms with E-state index in [-0.39, 0.29) is 0 Å². The zero-order valence-electron chi connectivity index (χ0n) is 13.3. The number of rotatable bonds is 5. The predicted octanol–water partition coefficient (Wildman–Crippen LogP) is 2.95. The van der Waals surface area contributed by atoms with Gasteiger partial charge in [-0.1, -0.05) is 19.3 Å². The normalized spacial score (nSPS) is 23.3. The van der Waals surface area contributed by atoms with Crippen LogP contribution >= 0.6 is 0 Å². The molecule has 3 rings (SSSR count). The molecule has 0 atom stereocenters. The highest BCUT2D eigenvalue weighted by atomic mass is 16.5. The lowest BCUT2D eigenvalue weighted by Crippen LogP contribution is -2.39. The molecule has 1 aliphatic carbocycles. The van der Waals surface area contributed by atoms with E-state index >= 15 is 0 Å². The maximum atomic E-state index is 5.56. The summed E-state index contributed by atoms with van der Waals surface area (Å²) in [6, 6.07) is 2.88. The van der Waals surface area contributed by atoms with E-state index in [1.807, 2.05) is 0 Å². The van der Waals surface area contributed by atoms with Crippen LogP contribution < -0.4 is 5.32 Å². The monoisotopic (exact) mass is 291 g/mol. The molecule has 0 spiro atoms. The minimum atomic E-state index is 0.332. The number of nitrogens with one attached hydrogen (secondary N) is 1. The predicted molar refractivity (Wildman–Crippen MR) is 84.5 cm³/mol. The summed E-state index contributed by atoms with van der Waals surface area (Å²) in [6.45, 7) is 2.85. The summed E-state index contributed by atoms with van der Waals surface area (Å²) in [7, 11) is 2.05. The van der Waals surface area contributed by atoms with Crippen molar-refractivity contribution in [1.29, 1.82) is 0 Å². The SMILES string of the molecule is CNCC1(Cc2ccn(C3CCCCC3)n2)CCOCC1. The number of nitrogens with zero attached hydrogens (tertiary/aromatic N) is 2. The summed E-state index contributed by atoms with van der Waals surface area (Å²) in [5.41, 5.74) is 1.59. The van der Waals surface area contributed by atoms with Crippen molar-refractivity contribution in [2.75, 3.05) is 26.8 Å². The first kappa shape index (κ1) is 15.0. The zero-order chi connectivity index (χ0) is 14.5. The Kier molecular flexibility index (Phi) is 4.96. The lowest BCUT2D eigenvalue weighted by Gasteiger charge is -2.36. The van der Waals surface area contributed by atoms with Crippen LogP contribution in [-0.2, 0) is 11.2 Å². The Morgan fingerprint density at radius 3 is 2.76 bits per heavy atom. The fourth-order valence-corrected chi connectivity index (χ4v) is 4.00. The molecule has 0 aromatic carbocycles. The molecule has 21 heavy (non-hydrogen) atoms. The van der Waals surface area contributed by atoms with Crippen molar-refractivity contribution in [3.05, 3.63) is 18.0 Å². The van der Waals surface area contributed by atoms with Crippen LogP contribution in [0.2, 0.25) is 0 Å². The van der Waals surface area contributed by atoms with Crippen molar-refractivity contribution in [2.24, 2.45) is 5.41 Å². The number of hydrogen-bond acceptors (Lipinski definition) is 3. The van der Waals surface area contributed by atoms with E-state index in [1.54, 1.807) is 0 Å². The van der Waals surface area contributed by atoms with Gasteiger partial charge < -0.3 is 10.1 Å². The Morgan fingerprint density at radius 2 is 2.05 bits per heavy atom. The van der Waals surface area contributed by atoms with Crippen molar-refractivity contribution >= 4 is 0 Å². The molecular formula is C17H29N3O. The fourth-order valence-electron chi connectivity index (χ4n) is 4.00. The molecule has 4 nitrogen and oxygen atoms in total. The maximum absolute atomic E-state index is 5.56. The summed E-state index contributed by atoms with van der Waals surface area (Å²) >= 11 is 0. The third-order valence-electron chi connectivity index (χ3n) is 5.27. The van der Waals surface area contributed by atoms with Crippen LogP contribution in [-0.4, -0.2) is 36.6 Å². The average molecular weight is 291 g/mol. The van der Waals surface area contributed by atoms with Gasteiger partial charge in [-0.25, -0.2) is 0 Å². The lowest BCUT2D eigenvalue weighted by atomic mass is 9.76. The van der Waals surface area contributed by atoms with E-state index < -0.39 is 0 Å². The Bertz CT molecular complexity index is 425. The lowest BCUT2D eigenvalue weighted by molar-refractivity contribution is 0.0153. The largest absolute Gasteiger partial charge is 0.381 e. The molecule has 2 heterocycles. The minimum Gasteiger partial charge on any atom is -0.381 e. The van der Waals surface area contributed by atoms with E-state index in [2.05, 4.69) is 29.3 Å². The Hall–Kier alpha value is -0.870. The Morgan fingerprint density at radius 1 is 1.29 bits per heavy atom. The van der Waals surface area contributed by atoms with Crippen LogP contribution in [0.4, 0.5) is 0 Å². The van der Waals surface area contributed by atoms with Gasteiger partial charge in [-0.3, -0.25) is 4.68 Å². The van der Waals surface area contributed by atoms with Gasteiger partial charge in [0.2, 0.25) is 0 Å². The fraction of sp³-hybridized carbons (Fsp3) is 0.824. The van der Waals surface area contributed by atoms with Gasteiger partial charge in [0.25, 0.3) is 0 Å². The molecule has 118 valence electrons. The molecule has 1 saturated heterocycles. The second kappa shape index (κ2) is 6.93. The van der Waals surface area contributed by atoms with E-state index in [0.717, 1.165) is 39.0 Å². The van der Waals surface area contributed by atoms with Crippen molar-refractivity contribution in [3.8, 4) is 0 Å². The molecule has 0 bridgehead atoms. The summed E-state index contributed by atoms with van der Waals surface area (Å²) in [5.74, 6) is 0. The van der Waals surface area contributed by atoms with Crippen LogP contribution in [0.5, 0.6) is 0 Å².